The quantitative estimate of drug-likeness (QED) is 0.641. The summed E-state index contributed by atoms with van der Waals surface area (Å²) < 4.78 is 5.18. The Balaban J connectivity index is 2.60. The summed E-state index contributed by atoms with van der Waals surface area (Å²) in [6, 6.07) is 0. The van der Waals surface area contributed by atoms with E-state index in [1.165, 1.54) is 0 Å². The minimum Gasteiger partial charge on any atom is -0.480 e. The van der Waals surface area contributed by atoms with Crippen LogP contribution in [0.15, 0.2) is 0 Å². The Bertz CT molecular complexity index is 338. The third-order valence-corrected chi connectivity index (χ3v) is 3.75. The molecule has 20 heavy (non-hydrogen) atoms. The number of carboxylic acid groups (broad SMARTS) is 1. The van der Waals surface area contributed by atoms with Gasteiger partial charge in [-0.3, -0.25) is 4.79 Å². The van der Waals surface area contributed by atoms with Crippen molar-refractivity contribution in [1.29, 1.82) is 0 Å². The molecule has 0 bridgehead atoms. The van der Waals surface area contributed by atoms with Crippen molar-refractivity contribution in [3.05, 3.63) is 0 Å². The summed E-state index contributed by atoms with van der Waals surface area (Å²) in [5.74, 6) is -0.652. The second kappa shape index (κ2) is 7.59. The van der Waals surface area contributed by atoms with Crippen molar-refractivity contribution in [2.45, 2.75) is 45.1 Å². The van der Waals surface area contributed by atoms with Crippen molar-refractivity contribution in [1.82, 2.24) is 5.32 Å². The van der Waals surface area contributed by atoms with E-state index >= 15 is 0 Å². The smallest absolute Gasteiger partial charge is 0.329 e. The van der Waals surface area contributed by atoms with Crippen LogP contribution in [0.1, 0.15) is 39.5 Å². The van der Waals surface area contributed by atoms with E-state index in [0.717, 1.165) is 6.42 Å². The summed E-state index contributed by atoms with van der Waals surface area (Å²) in [5, 5.41) is 12.1. The topological polar surface area (TPSA) is 102 Å². The van der Waals surface area contributed by atoms with Crippen LogP contribution in [0, 0.1) is 11.8 Å². The van der Waals surface area contributed by atoms with E-state index in [9.17, 15) is 14.7 Å². The predicted molar refractivity (Wildman–Crippen MR) is 75.2 cm³/mol. The molecule has 6 heteroatoms. The first-order chi connectivity index (χ1) is 9.39. The van der Waals surface area contributed by atoms with Crippen LogP contribution in [-0.2, 0) is 14.3 Å². The lowest BCUT2D eigenvalue weighted by Gasteiger charge is -2.34. The Hall–Kier alpha value is -1.14. The van der Waals surface area contributed by atoms with Gasteiger partial charge in [0.1, 0.15) is 5.54 Å². The molecule has 0 aromatic carbocycles. The molecule has 0 aliphatic carbocycles. The number of carboxylic acids is 1. The van der Waals surface area contributed by atoms with Crippen LogP contribution in [-0.4, -0.2) is 42.3 Å². The Morgan fingerprint density at radius 2 is 1.95 bits per heavy atom. The molecule has 6 nitrogen and oxygen atoms in total. The average molecular weight is 286 g/mol. The molecule has 1 heterocycles. The van der Waals surface area contributed by atoms with Crippen molar-refractivity contribution < 1.29 is 19.4 Å². The molecule has 1 unspecified atom stereocenters. The molecule has 1 aliphatic heterocycles. The fourth-order valence-electron chi connectivity index (χ4n) is 2.62. The first-order valence-electron chi connectivity index (χ1n) is 7.22. The van der Waals surface area contributed by atoms with Gasteiger partial charge >= 0.3 is 5.97 Å². The van der Waals surface area contributed by atoms with Gasteiger partial charge in [0.2, 0.25) is 5.91 Å². The summed E-state index contributed by atoms with van der Waals surface area (Å²) in [6.07, 6.45) is 1.77. The van der Waals surface area contributed by atoms with Crippen LogP contribution >= 0.6 is 0 Å². The van der Waals surface area contributed by atoms with Gasteiger partial charge in [0.15, 0.2) is 0 Å². The molecule has 1 fully saturated rings. The van der Waals surface area contributed by atoms with Crippen LogP contribution in [0.25, 0.3) is 0 Å². The molecule has 1 saturated heterocycles. The second-order valence-corrected chi connectivity index (χ2v) is 5.98. The van der Waals surface area contributed by atoms with Crippen molar-refractivity contribution >= 4 is 11.9 Å². The number of ether oxygens (including phenoxy) is 1. The number of hydrogen-bond acceptors (Lipinski definition) is 4. The van der Waals surface area contributed by atoms with Gasteiger partial charge in [-0.25, -0.2) is 4.79 Å². The van der Waals surface area contributed by atoms with Gasteiger partial charge in [-0.05, 0) is 24.8 Å². The van der Waals surface area contributed by atoms with Crippen LogP contribution in [0.3, 0.4) is 0 Å². The summed E-state index contributed by atoms with van der Waals surface area (Å²) in [6.45, 7) is 5.32. The molecule has 1 aliphatic rings. The predicted octanol–water partition coefficient (Wildman–Crippen LogP) is 0.748. The molecule has 0 aromatic heterocycles. The number of rotatable bonds is 7. The van der Waals surface area contributed by atoms with Crippen molar-refractivity contribution in [3.63, 3.8) is 0 Å². The lowest BCUT2D eigenvalue weighted by molar-refractivity contribution is -0.152. The monoisotopic (exact) mass is 286 g/mol. The van der Waals surface area contributed by atoms with Gasteiger partial charge in [0.05, 0.1) is 0 Å². The molecule has 1 atom stereocenters. The van der Waals surface area contributed by atoms with E-state index in [-0.39, 0.29) is 18.2 Å². The van der Waals surface area contributed by atoms with Crippen LogP contribution < -0.4 is 11.1 Å². The average Bonchev–Trinajstić information content (AvgIpc) is 2.38. The third-order valence-electron chi connectivity index (χ3n) is 3.75. The van der Waals surface area contributed by atoms with E-state index in [0.29, 0.717) is 38.5 Å². The maximum atomic E-state index is 12.1. The Morgan fingerprint density at radius 3 is 2.40 bits per heavy atom. The maximum absolute atomic E-state index is 12.1. The fraction of sp³-hybridized carbons (Fsp3) is 0.857. The molecule has 0 saturated carbocycles. The van der Waals surface area contributed by atoms with Crippen LogP contribution in [0.4, 0.5) is 0 Å². The summed E-state index contributed by atoms with van der Waals surface area (Å²) in [7, 11) is 0. The Labute approximate surface area is 120 Å². The van der Waals surface area contributed by atoms with Crippen molar-refractivity contribution in [2.24, 2.45) is 17.6 Å². The zero-order valence-corrected chi connectivity index (χ0v) is 12.4. The van der Waals surface area contributed by atoms with Crippen LogP contribution in [0.2, 0.25) is 0 Å². The SMILES string of the molecule is CC(C)CC(CN)CC(=O)NC1(C(=O)O)CCOCC1. The summed E-state index contributed by atoms with van der Waals surface area (Å²) in [5.41, 5.74) is 4.50. The summed E-state index contributed by atoms with van der Waals surface area (Å²) in [4.78, 5) is 23.6. The highest BCUT2D eigenvalue weighted by Gasteiger charge is 2.41. The largest absolute Gasteiger partial charge is 0.480 e. The Morgan fingerprint density at radius 1 is 1.35 bits per heavy atom. The molecule has 0 spiro atoms. The van der Waals surface area contributed by atoms with E-state index < -0.39 is 11.5 Å². The van der Waals surface area contributed by atoms with Gasteiger partial charge < -0.3 is 20.9 Å². The molecule has 116 valence electrons. The zero-order chi connectivity index (χ0) is 15.2. The minimum atomic E-state index is -1.17. The fourth-order valence-corrected chi connectivity index (χ4v) is 2.62. The highest BCUT2D eigenvalue weighted by atomic mass is 16.5. The normalized spacial score (nSPS) is 19.6. The lowest BCUT2D eigenvalue weighted by Crippen LogP contribution is -2.57. The number of carbonyl (C=O) groups is 2. The highest BCUT2D eigenvalue weighted by Crippen LogP contribution is 2.22. The summed E-state index contributed by atoms with van der Waals surface area (Å²) >= 11 is 0. The van der Waals surface area contributed by atoms with Crippen LogP contribution in [0.5, 0.6) is 0 Å². The Kier molecular flexibility index (Phi) is 6.42. The minimum absolute atomic E-state index is 0.0979. The molecular weight excluding hydrogens is 260 g/mol. The number of amides is 1. The van der Waals surface area contributed by atoms with Gasteiger partial charge in [0.25, 0.3) is 0 Å². The number of carbonyl (C=O) groups excluding carboxylic acids is 1. The number of aliphatic carboxylic acids is 1. The third kappa shape index (κ3) is 4.76. The zero-order valence-electron chi connectivity index (χ0n) is 12.4. The molecule has 1 rings (SSSR count). The highest BCUT2D eigenvalue weighted by molar-refractivity contribution is 5.87. The number of nitrogens with two attached hydrogens (primary N) is 1. The van der Waals surface area contributed by atoms with Gasteiger partial charge in [0, 0.05) is 32.5 Å². The van der Waals surface area contributed by atoms with Crippen molar-refractivity contribution in [3.8, 4) is 0 Å². The molecular formula is C14H26N2O4. The molecule has 0 radical (unpaired) electrons. The van der Waals surface area contributed by atoms with Gasteiger partial charge in [-0.15, -0.1) is 0 Å². The number of nitrogens with one attached hydrogen (secondary N) is 1. The van der Waals surface area contributed by atoms with Gasteiger partial charge in [-0.1, -0.05) is 13.8 Å². The lowest BCUT2D eigenvalue weighted by atomic mass is 9.88. The second-order valence-electron chi connectivity index (χ2n) is 5.98. The maximum Gasteiger partial charge on any atom is 0.329 e. The molecule has 0 aromatic rings. The van der Waals surface area contributed by atoms with Gasteiger partial charge in [-0.2, -0.15) is 0 Å². The standard InChI is InChI=1S/C14H26N2O4/c1-10(2)7-11(9-15)8-12(17)16-14(13(18)19)3-5-20-6-4-14/h10-11H,3-9,15H2,1-2H3,(H,16,17)(H,18,19). The number of hydrogen-bond donors (Lipinski definition) is 3. The van der Waals surface area contributed by atoms with Crippen molar-refractivity contribution in [2.75, 3.05) is 19.8 Å². The van der Waals surface area contributed by atoms with E-state index in [1.54, 1.807) is 0 Å². The first-order valence-corrected chi connectivity index (χ1v) is 7.22. The molecule has 4 N–H and O–H groups in total. The van der Waals surface area contributed by atoms with E-state index in [2.05, 4.69) is 19.2 Å². The van der Waals surface area contributed by atoms with E-state index in [4.69, 9.17) is 10.5 Å². The first kappa shape index (κ1) is 16.9. The molecule has 1 amide bonds. The van der Waals surface area contributed by atoms with E-state index in [1.807, 2.05) is 0 Å².